The SMILES string of the molecule is Nc1ccc2sc(C(=O)O)c(I)c2c1. The van der Waals surface area contributed by atoms with Crippen molar-refractivity contribution in [2.24, 2.45) is 0 Å². The van der Waals surface area contributed by atoms with Gasteiger partial charge >= 0.3 is 5.97 Å². The number of fused-ring (bicyclic) bond motifs is 1. The van der Waals surface area contributed by atoms with E-state index in [-0.39, 0.29) is 0 Å². The average molecular weight is 319 g/mol. The Bertz CT molecular complexity index is 521. The van der Waals surface area contributed by atoms with Crippen LogP contribution in [0.4, 0.5) is 5.69 Å². The lowest BCUT2D eigenvalue weighted by atomic mass is 10.2. The lowest BCUT2D eigenvalue weighted by Crippen LogP contribution is -1.93. The molecule has 0 saturated carbocycles. The zero-order valence-corrected chi connectivity index (χ0v) is 9.93. The highest BCUT2D eigenvalue weighted by Crippen LogP contribution is 2.33. The summed E-state index contributed by atoms with van der Waals surface area (Å²) in [6.45, 7) is 0. The van der Waals surface area contributed by atoms with Crippen molar-refractivity contribution in [3.8, 4) is 0 Å². The van der Waals surface area contributed by atoms with Crippen molar-refractivity contribution in [3.05, 3.63) is 26.6 Å². The van der Waals surface area contributed by atoms with Crippen LogP contribution in [0.25, 0.3) is 10.1 Å². The summed E-state index contributed by atoms with van der Waals surface area (Å²) in [6.07, 6.45) is 0. The molecule has 1 heterocycles. The summed E-state index contributed by atoms with van der Waals surface area (Å²) in [5, 5.41) is 9.83. The van der Waals surface area contributed by atoms with Gasteiger partial charge in [0, 0.05) is 19.3 Å². The van der Waals surface area contributed by atoms with E-state index in [9.17, 15) is 4.79 Å². The number of rotatable bonds is 1. The lowest BCUT2D eigenvalue weighted by Gasteiger charge is -1.92. The van der Waals surface area contributed by atoms with Crippen molar-refractivity contribution >= 4 is 55.7 Å². The van der Waals surface area contributed by atoms with Crippen molar-refractivity contribution in [2.75, 3.05) is 5.73 Å². The Morgan fingerprint density at radius 1 is 1.50 bits per heavy atom. The topological polar surface area (TPSA) is 63.3 Å². The molecule has 1 aromatic carbocycles. The number of carboxylic acids is 1. The Morgan fingerprint density at radius 2 is 2.21 bits per heavy atom. The number of nitrogens with two attached hydrogens (primary N) is 1. The Kier molecular flexibility index (Phi) is 2.36. The van der Waals surface area contributed by atoms with E-state index < -0.39 is 5.97 Å². The van der Waals surface area contributed by atoms with E-state index in [2.05, 4.69) is 0 Å². The summed E-state index contributed by atoms with van der Waals surface area (Å²) in [5.41, 5.74) is 6.29. The van der Waals surface area contributed by atoms with E-state index in [1.807, 2.05) is 28.7 Å². The molecule has 0 fully saturated rings. The molecule has 2 rings (SSSR count). The molecule has 72 valence electrons. The van der Waals surface area contributed by atoms with Gasteiger partial charge in [-0.05, 0) is 40.8 Å². The molecule has 5 heteroatoms. The van der Waals surface area contributed by atoms with Gasteiger partial charge in [-0.1, -0.05) is 0 Å². The standard InChI is InChI=1S/C9H6INO2S/c10-7-5-3-4(11)1-2-6(5)14-8(7)9(12)13/h1-3H,11H2,(H,12,13). The number of carbonyl (C=O) groups is 1. The smallest absolute Gasteiger partial charge is 0.347 e. The van der Waals surface area contributed by atoms with Crippen LogP contribution in [0, 0.1) is 3.57 Å². The average Bonchev–Trinajstić information content (AvgIpc) is 2.44. The second-order valence-electron chi connectivity index (χ2n) is 2.81. The van der Waals surface area contributed by atoms with Crippen LogP contribution in [0.5, 0.6) is 0 Å². The lowest BCUT2D eigenvalue weighted by molar-refractivity contribution is 0.0701. The Morgan fingerprint density at radius 3 is 2.86 bits per heavy atom. The van der Waals surface area contributed by atoms with Crippen LogP contribution in [0.3, 0.4) is 0 Å². The molecule has 0 atom stereocenters. The predicted octanol–water partition coefficient (Wildman–Crippen LogP) is 2.79. The van der Waals surface area contributed by atoms with Gasteiger partial charge in [0.2, 0.25) is 0 Å². The summed E-state index contributed by atoms with van der Waals surface area (Å²) in [7, 11) is 0. The quantitative estimate of drug-likeness (QED) is 0.627. The van der Waals surface area contributed by atoms with Crippen molar-refractivity contribution in [1.82, 2.24) is 0 Å². The minimum atomic E-state index is -0.880. The number of carboxylic acid groups (broad SMARTS) is 1. The zero-order valence-electron chi connectivity index (χ0n) is 6.95. The molecular formula is C9H6INO2S. The van der Waals surface area contributed by atoms with Crippen LogP contribution in [0.2, 0.25) is 0 Å². The van der Waals surface area contributed by atoms with Crippen molar-refractivity contribution in [2.45, 2.75) is 0 Å². The first-order valence-corrected chi connectivity index (χ1v) is 5.70. The van der Waals surface area contributed by atoms with Crippen LogP contribution in [0.1, 0.15) is 9.67 Å². The highest BCUT2D eigenvalue weighted by atomic mass is 127. The van der Waals surface area contributed by atoms with Crippen molar-refractivity contribution < 1.29 is 9.90 Å². The van der Waals surface area contributed by atoms with E-state index in [1.54, 1.807) is 12.1 Å². The molecule has 0 aliphatic heterocycles. The second-order valence-corrected chi connectivity index (χ2v) is 4.94. The summed E-state index contributed by atoms with van der Waals surface area (Å²) >= 11 is 3.32. The normalized spacial score (nSPS) is 10.6. The summed E-state index contributed by atoms with van der Waals surface area (Å²) in [4.78, 5) is 11.2. The van der Waals surface area contributed by atoms with Crippen LogP contribution >= 0.6 is 33.9 Å². The van der Waals surface area contributed by atoms with Gasteiger partial charge in [-0.3, -0.25) is 0 Å². The molecule has 0 radical (unpaired) electrons. The molecule has 0 aliphatic carbocycles. The summed E-state index contributed by atoms with van der Waals surface area (Å²) < 4.78 is 1.73. The molecule has 14 heavy (non-hydrogen) atoms. The third-order valence-electron chi connectivity index (χ3n) is 1.85. The van der Waals surface area contributed by atoms with Crippen molar-refractivity contribution in [3.63, 3.8) is 0 Å². The number of halogens is 1. The number of benzene rings is 1. The van der Waals surface area contributed by atoms with E-state index in [0.717, 1.165) is 13.7 Å². The molecule has 2 aromatic rings. The predicted molar refractivity (Wildman–Crippen MR) is 65.9 cm³/mol. The maximum atomic E-state index is 10.9. The Balaban J connectivity index is 2.80. The third-order valence-corrected chi connectivity index (χ3v) is 4.49. The second kappa shape index (κ2) is 3.39. The van der Waals surface area contributed by atoms with Gasteiger partial charge in [0.1, 0.15) is 4.88 Å². The molecule has 3 nitrogen and oxygen atoms in total. The van der Waals surface area contributed by atoms with Gasteiger partial charge in [0.25, 0.3) is 0 Å². The minimum absolute atomic E-state index is 0.381. The first kappa shape index (κ1) is 9.72. The Labute approximate surface area is 97.7 Å². The number of nitrogen functional groups attached to an aromatic ring is 1. The first-order valence-electron chi connectivity index (χ1n) is 3.80. The molecule has 1 aromatic heterocycles. The number of thiophene rings is 1. The van der Waals surface area contributed by atoms with Gasteiger partial charge in [0.15, 0.2) is 0 Å². The Hall–Kier alpha value is -0.820. The fraction of sp³-hybridized carbons (Fsp3) is 0. The maximum absolute atomic E-state index is 10.9. The van der Waals surface area contributed by atoms with E-state index in [1.165, 1.54) is 11.3 Å². The monoisotopic (exact) mass is 319 g/mol. The molecule has 3 N–H and O–H groups in total. The number of hydrogen-bond donors (Lipinski definition) is 2. The maximum Gasteiger partial charge on any atom is 0.347 e. The number of aromatic carboxylic acids is 1. The van der Waals surface area contributed by atoms with E-state index in [4.69, 9.17) is 10.8 Å². The van der Waals surface area contributed by atoms with Crippen LogP contribution in [-0.4, -0.2) is 11.1 Å². The molecular weight excluding hydrogens is 313 g/mol. The molecule has 0 bridgehead atoms. The highest BCUT2D eigenvalue weighted by molar-refractivity contribution is 14.1. The number of hydrogen-bond acceptors (Lipinski definition) is 3. The molecule has 0 saturated heterocycles. The van der Waals surface area contributed by atoms with Crippen molar-refractivity contribution in [1.29, 1.82) is 0 Å². The van der Waals surface area contributed by atoms with E-state index in [0.29, 0.717) is 10.6 Å². The van der Waals surface area contributed by atoms with Gasteiger partial charge in [-0.25, -0.2) is 4.79 Å². The summed E-state index contributed by atoms with van der Waals surface area (Å²) in [5.74, 6) is -0.880. The third kappa shape index (κ3) is 1.46. The zero-order chi connectivity index (χ0) is 10.3. The molecule has 0 amide bonds. The first-order chi connectivity index (χ1) is 6.59. The highest BCUT2D eigenvalue weighted by Gasteiger charge is 2.15. The fourth-order valence-corrected chi connectivity index (χ4v) is 3.33. The van der Waals surface area contributed by atoms with Gasteiger partial charge in [-0.2, -0.15) is 0 Å². The minimum Gasteiger partial charge on any atom is -0.477 e. The molecule has 0 aliphatic rings. The molecule has 0 spiro atoms. The van der Waals surface area contributed by atoms with Crippen LogP contribution in [0.15, 0.2) is 18.2 Å². The van der Waals surface area contributed by atoms with Crippen LogP contribution in [-0.2, 0) is 0 Å². The van der Waals surface area contributed by atoms with E-state index >= 15 is 0 Å². The van der Waals surface area contributed by atoms with Gasteiger partial charge in [0.05, 0.1) is 0 Å². The van der Waals surface area contributed by atoms with Crippen LogP contribution < -0.4 is 5.73 Å². The largest absolute Gasteiger partial charge is 0.477 e. The molecule has 0 unspecified atom stereocenters. The van der Waals surface area contributed by atoms with Gasteiger partial charge in [-0.15, -0.1) is 11.3 Å². The van der Waals surface area contributed by atoms with Gasteiger partial charge < -0.3 is 10.8 Å². The fourth-order valence-electron chi connectivity index (χ4n) is 1.22. The number of anilines is 1. The summed E-state index contributed by atoms with van der Waals surface area (Å²) in [6, 6.07) is 5.44.